The summed E-state index contributed by atoms with van der Waals surface area (Å²) in [5, 5.41) is 24.6. The van der Waals surface area contributed by atoms with E-state index in [0.717, 1.165) is 17.1 Å². The predicted octanol–water partition coefficient (Wildman–Crippen LogP) is 0.314. The lowest BCUT2D eigenvalue weighted by molar-refractivity contribution is -0.138. The highest BCUT2D eigenvalue weighted by atomic mass is 19.4. The predicted molar refractivity (Wildman–Crippen MR) is 103 cm³/mol. The standard InChI is InChI=1S/C18H18F3N7O4/c1-22-14-9-15(27-13(26-14)7-3-8(5-24-4-7)18(19,20)21)28(6-25-9)17-11(30)10(29)12(32-17)16(31)23-2/h3-6,10-12,17,29-30H,1-2H3,(H,23,31)(H,22,26,27)/t10-,11+,12-,17?/m0/s1/i1D3,2D3. The van der Waals surface area contributed by atoms with Gasteiger partial charge in [0.1, 0.15) is 12.2 Å². The minimum Gasteiger partial charge on any atom is -0.387 e. The Morgan fingerprint density at radius 1 is 1.25 bits per heavy atom. The fourth-order valence-electron chi connectivity index (χ4n) is 3.21. The molecule has 32 heavy (non-hydrogen) atoms. The summed E-state index contributed by atoms with van der Waals surface area (Å²) in [4.78, 5) is 27.9. The molecule has 3 aromatic heterocycles. The lowest BCUT2D eigenvalue weighted by Gasteiger charge is -2.17. The van der Waals surface area contributed by atoms with Crippen molar-refractivity contribution < 1.29 is 41.1 Å². The van der Waals surface area contributed by atoms with Crippen LogP contribution in [0.1, 0.15) is 20.0 Å². The van der Waals surface area contributed by atoms with E-state index in [1.54, 1.807) is 5.32 Å². The second kappa shape index (κ2) is 7.96. The van der Waals surface area contributed by atoms with Crippen LogP contribution >= 0.6 is 0 Å². The van der Waals surface area contributed by atoms with Crippen LogP contribution in [0.4, 0.5) is 19.0 Å². The number of likely N-dealkylation sites (N-methyl/N-ethyl adjacent to an activating group) is 1. The third-order valence-corrected chi connectivity index (χ3v) is 4.76. The second-order valence-electron chi connectivity index (χ2n) is 6.72. The summed E-state index contributed by atoms with van der Waals surface area (Å²) < 4.78 is 89.9. The molecule has 4 atom stereocenters. The molecule has 1 unspecified atom stereocenters. The first kappa shape index (κ1) is 15.4. The monoisotopic (exact) mass is 459 g/mol. The van der Waals surface area contributed by atoms with Crippen LogP contribution < -0.4 is 10.6 Å². The molecule has 1 aliphatic heterocycles. The zero-order chi connectivity index (χ0) is 28.2. The van der Waals surface area contributed by atoms with Crippen LogP contribution in [0.5, 0.6) is 0 Å². The number of carbonyl (C=O) groups is 1. The van der Waals surface area contributed by atoms with Gasteiger partial charge in [-0.1, -0.05) is 0 Å². The normalized spacial score (nSPS) is 27.0. The maximum Gasteiger partial charge on any atom is 0.417 e. The highest BCUT2D eigenvalue weighted by molar-refractivity contribution is 5.85. The number of carbonyl (C=O) groups excluding carboxylic acids is 1. The first-order valence-electron chi connectivity index (χ1n) is 11.8. The molecule has 14 heteroatoms. The summed E-state index contributed by atoms with van der Waals surface area (Å²) in [6.45, 7) is -5.73. The highest BCUT2D eigenvalue weighted by Gasteiger charge is 2.47. The number of rotatable bonds is 4. The van der Waals surface area contributed by atoms with Crippen molar-refractivity contribution in [2.75, 3.05) is 19.3 Å². The summed E-state index contributed by atoms with van der Waals surface area (Å²) in [6.07, 6.45) is -9.31. The Kier molecular flexibility index (Phi) is 3.84. The molecular formula is C18H18F3N7O4. The lowest BCUT2D eigenvalue weighted by Crippen LogP contribution is -2.41. The van der Waals surface area contributed by atoms with Gasteiger partial charge in [0, 0.05) is 40.1 Å². The summed E-state index contributed by atoms with van der Waals surface area (Å²) in [7, 11) is 0. The minimum absolute atomic E-state index is 0.203. The molecule has 4 N–H and O–H groups in total. The number of nitrogens with one attached hydrogen (secondary N) is 2. The lowest BCUT2D eigenvalue weighted by atomic mass is 10.1. The number of hydrogen-bond donors (Lipinski definition) is 4. The van der Waals surface area contributed by atoms with Crippen molar-refractivity contribution in [3.63, 3.8) is 0 Å². The van der Waals surface area contributed by atoms with E-state index in [-0.39, 0.29) is 16.7 Å². The van der Waals surface area contributed by atoms with Crippen molar-refractivity contribution in [1.29, 1.82) is 0 Å². The van der Waals surface area contributed by atoms with Crippen LogP contribution in [-0.4, -0.2) is 72.9 Å². The van der Waals surface area contributed by atoms with Crippen LogP contribution in [0.15, 0.2) is 24.8 Å². The van der Waals surface area contributed by atoms with Crippen molar-refractivity contribution >= 4 is 22.9 Å². The SMILES string of the molecule is [2H]C([2H])([2H])NC(=O)[C@H]1OC(n2cnc3c(NC([2H])([2H])[2H])nc(-c4cncc(C(F)(F)F)c4)nc32)[C@H](O)[C@@H]1O. The first-order chi connectivity index (χ1) is 17.4. The van der Waals surface area contributed by atoms with E-state index in [1.807, 2.05) is 0 Å². The van der Waals surface area contributed by atoms with Crippen molar-refractivity contribution in [3.8, 4) is 11.4 Å². The quantitative estimate of drug-likeness (QED) is 0.433. The molecule has 0 aliphatic carbocycles. The molecule has 1 amide bonds. The van der Waals surface area contributed by atoms with E-state index in [2.05, 4.69) is 25.3 Å². The largest absolute Gasteiger partial charge is 0.417 e. The number of fused-ring (bicyclic) bond motifs is 1. The first-order valence-corrected chi connectivity index (χ1v) is 8.83. The van der Waals surface area contributed by atoms with Gasteiger partial charge in [-0.25, -0.2) is 15.0 Å². The van der Waals surface area contributed by atoms with Gasteiger partial charge in [-0.3, -0.25) is 14.3 Å². The van der Waals surface area contributed by atoms with E-state index >= 15 is 0 Å². The van der Waals surface area contributed by atoms with Crippen LogP contribution in [0, 0.1) is 0 Å². The molecule has 0 saturated carbocycles. The number of imidazole rings is 1. The highest BCUT2D eigenvalue weighted by Crippen LogP contribution is 2.34. The van der Waals surface area contributed by atoms with Crippen molar-refractivity contribution in [3.05, 3.63) is 30.4 Å². The Balaban J connectivity index is 1.81. The maximum atomic E-state index is 13.2. The Hall–Kier alpha value is -3.36. The molecule has 4 heterocycles. The molecule has 170 valence electrons. The molecule has 4 rings (SSSR count). The van der Waals surface area contributed by atoms with Gasteiger partial charge in [0.2, 0.25) is 0 Å². The zero-order valence-electron chi connectivity index (χ0n) is 21.7. The van der Waals surface area contributed by atoms with Gasteiger partial charge < -0.3 is 25.6 Å². The molecule has 0 radical (unpaired) electrons. The number of nitrogens with zero attached hydrogens (tertiary/aromatic N) is 5. The number of aromatic nitrogens is 5. The van der Waals surface area contributed by atoms with E-state index < -0.39 is 67.8 Å². The Morgan fingerprint density at radius 3 is 2.78 bits per heavy atom. The van der Waals surface area contributed by atoms with E-state index in [1.165, 1.54) is 0 Å². The number of aliphatic hydroxyl groups is 2. The Morgan fingerprint density at radius 2 is 2.06 bits per heavy atom. The molecule has 0 aromatic carbocycles. The fraction of sp³-hybridized carbons (Fsp3) is 0.389. The number of halogens is 3. The third kappa shape index (κ3) is 3.61. The van der Waals surface area contributed by atoms with Crippen LogP contribution in [-0.2, 0) is 15.7 Å². The number of ether oxygens (including phenoxy) is 1. The summed E-state index contributed by atoms with van der Waals surface area (Å²) in [5.74, 6) is -2.07. The summed E-state index contributed by atoms with van der Waals surface area (Å²) in [6, 6.07) is 0.688. The second-order valence-corrected chi connectivity index (χ2v) is 6.72. The maximum absolute atomic E-state index is 13.2. The van der Waals surface area contributed by atoms with Crippen LogP contribution in [0.3, 0.4) is 0 Å². The van der Waals surface area contributed by atoms with E-state index in [9.17, 15) is 28.2 Å². The molecule has 1 fully saturated rings. The summed E-state index contributed by atoms with van der Waals surface area (Å²) in [5.41, 5.74) is -1.83. The van der Waals surface area contributed by atoms with Gasteiger partial charge in [-0.05, 0) is 6.07 Å². The number of anilines is 1. The molecule has 11 nitrogen and oxygen atoms in total. The van der Waals surface area contributed by atoms with Gasteiger partial charge in [0.15, 0.2) is 35.1 Å². The number of pyridine rings is 1. The number of amides is 1. The average Bonchev–Trinajstić information content (AvgIpc) is 3.32. The Labute approximate surface area is 186 Å². The van der Waals surface area contributed by atoms with E-state index in [0.29, 0.717) is 12.3 Å². The molecular weight excluding hydrogens is 435 g/mol. The molecule has 0 bridgehead atoms. The minimum atomic E-state index is -4.75. The van der Waals surface area contributed by atoms with Gasteiger partial charge in [0.25, 0.3) is 5.91 Å². The van der Waals surface area contributed by atoms with Crippen molar-refractivity contribution in [2.45, 2.75) is 30.7 Å². The fourth-order valence-corrected chi connectivity index (χ4v) is 3.21. The number of aliphatic hydroxyl groups excluding tert-OH is 2. The van der Waals surface area contributed by atoms with Gasteiger partial charge in [0.05, 0.1) is 11.9 Å². The topological polar surface area (TPSA) is 147 Å². The molecule has 1 aliphatic rings. The van der Waals surface area contributed by atoms with Crippen molar-refractivity contribution in [1.82, 2.24) is 29.8 Å². The zero-order valence-corrected chi connectivity index (χ0v) is 15.7. The van der Waals surface area contributed by atoms with E-state index in [4.69, 9.17) is 13.0 Å². The Bertz CT molecular complexity index is 1370. The summed E-state index contributed by atoms with van der Waals surface area (Å²) >= 11 is 0. The smallest absolute Gasteiger partial charge is 0.387 e. The molecule has 1 saturated heterocycles. The molecule has 3 aromatic rings. The third-order valence-electron chi connectivity index (χ3n) is 4.76. The van der Waals surface area contributed by atoms with Gasteiger partial charge >= 0.3 is 6.18 Å². The van der Waals surface area contributed by atoms with Crippen LogP contribution in [0.2, 0.25) is 0 Å². The number of alkyl halides is 3. The average molecular weight is 459 g/mol. The van der Waals surface area contributed by atoms with Crippen LogP contribution in [0.25, 0.3) is 22.6 Å². The van der Waals surface area contributed by atoms with Gasteiger partial charge in [-0.15, -0.1) is 0 Å². The van der Waals surface area contributed by atoms with Gasteiger partial charge in [-0.2, -0.15) is 13.2 Å². The molecule has 0 spiro atoms. The number of hydrogen-bond acceptors (Lipinski definition) is 9. The van der Waals surface area contributed by atoms with Crippen molar-refractivity contribution in [2.24, 2.45) is 0 Å².